The van der Waals surface area contributed by atoms with Crippen LogP contribution in [0.2, 0.25) is 0 Å². The van der Waals surface area contributed by atoms with E-state index in [1.165, 1.54) is 6.08 Å². The van der Waals surface area contributed by atoms with Crippen LogP contribution >= 0.6 is 0 Å². The average Bonchev–Trinajstić information content (AvgIpc) is 2.02. The van der Waals surface area contributed by atoms with Gasteiger partial charge in [-0.1, -0.05) is 20.4 Å². The van der Waals surface area contributed by atoms with Gasteiger partial charge in [0.15, 0.2) is 5.79 Å². The number of hydrogen-bond donors (Lipinski definition) is 0. The van der Waals surface area contributed by atoms with Crippen molar-refractivity contribution in [2.24, 2.45) is 5.92 Å². The molecular weight excluding hydrogens is 177 g/mol. The SMILES string of the molecule is C=CC(F)(C(C)C)N(C(C)C)C(C)C. The van der Waals surface area contributed by atoms with Gasteiger partial charge in [-0.25, -0.2) is 4.39 Å². The maximum atomic E-state index is 14.6. The molecule has 0 aliphatic rings. The van der Waals surface area contributed by atoms with Crippen LogP contribution in [-0.2, 0) is 0 Å². The Balaban J connectivity index is 5.03. The third-order valence-corrected chi connectivity index (χ3v) is 2.60. The minimum absolute atomic E-state index is 0.0789. The highest BCUT2D eigenvalue weighted by Crippen LogP contribution is 2.31. The van der Waals surface area contributed by atoms with Gasteiger partial charge in [0.05, 0.1) is 0 Å². The van der Waals surface area contributed by atoms with E-state index < -0.39 is 5.79 Å². The Morgan fingerprint density at radius 2 is 1.43 bits per heavy atom. The van der Waals surface area contributed by atoms with E-state index >= 15 is 0 Å². The van der Waals surface area contributed by atoms with Gasteiger partial charge in [0.25, 0.3) is 0 Å². The smallest absolute Gasteiger partial charge is 0.185 e. The molecule has 1 atom stereocenters. The second-order valence-corrected chi connectivity index (χ2v) is 4.68. The molecule has 0 N–H and O–H groups in total. The molecule has 0 aromatic heterocycles. The molecular formula is C12H24FN. The minimum Gasteiger partial charge on any atom is -0.263 e. The zero-order valence-corrected chi connectivity index (χ0v) is 10.3. The van der Waals surface area contributed by atoms with Crippen LogP contribution in [0.15, 0.2) is 12.7 Å². The van der Waals surface area contributed by atoms with Gasteiger partial charge >= 0.3 is 0 Å². The fraction of sp³-hybridized carbons (Fsp3) is 0.833. The van der Waals surface area contributed by atoms with Crippen LogP contribution in [-0.4, -0.2) is 22.8 Å². The minimum atomic E-state index is -1.40. The maximum absolute atomic E-state index is 14.6. The summed E-state index contributed by atoms with van der Waals surface area (Å²) in [5.41, 5.74) is 0. The van der Waals surface area contributed by atoms with Crippen molar-refractivity contribution >= 4 is 0 Å². The summed E-state index contributed by atoms with van der Waals surface area (Å²) in [6.07, 6.45) is 1.43. The van der Waals surface area contributed by atoms with Crippen molar-refractivity contribution in [2.75, 3.05) is 0 Å². The van der Waals surface area contributed by atoms with Crippen LogP contribution in [0, 0.1) is 5.92 Å². The summed E-state index contributed by atoms with van der Waals surface area (Å²) in [6.45, 7) is 15.5. The van der Waals surface area contributed by atoms with Gasteiger partial charge in [-0.3, -0.25) is 4.90 Å². The summed E-state index contributed by atoms with van der Waals surface area (Å²) in [7, 11) is 0. The number of rotatable bonds is 5. The molecule has 2 heteroatoms. The van der Waals surface area contributed by atoms with E-state index in [0.717, 1.165) is 0 Å². The first-order valence-electron chi connectivity index (χ1n) is 5.38. The summed E-state index contributed by atoms with van der Waals surface area (Å²) in [4.78, 5) is 1.87. The summed E-state index contributed by atoms with van der Waals surface area (Å²) in [5, 5.41) is 0. The van der Waals surface area contributed by atoms with Crippen molar-refractivity contribution in [3.05, 3.63) is 12.7 Å². The van der Waals surface area contributed by atoms with E-state index in [4.69, 9.17) is 0 Å². The van der Waals surface area contributed by atoms with Crippen LogP contribution < -0.4 is 0 Å². The normalized spacial score (nSPS) is 16.8. The van der Waals surface area contributed by atoms with E-state index in [-0.39, 0.29) is 18.0 Å². The van der Waals surface area contributed by atoms with E-state index in [1.54, 1.807) is 0 Å². The van der Waals surface area contributed by atoms with E-state index in [9.17, 15) is 4.39 Å². The average molecular weight is 201 g/mol. The molecule has 14 heavy (non-hydrogen) atoms. The van der Waals surface area contributed by atoms with Gasteiger partial charge in [-0.05, 0) is 33.8 Å². The Labute approximate surface area is 88.0 Å². The number of halogens is 1. The highest BCUT2D eigenvalue weighted by Gasteiger charge is 2.39. The third-order valence-electron chi connectivity index (χ3n) is 2.60. The highest BCUT2D eigenvalue weighted by atomic mass is 19.1. The Morgan fingerprint density at radius 1 is 1.07 bits per heavy atom. The fourth-order valence-electron chi connectivity index (χ4n) is 2.03. The number of hydrogen-bond acceptors (Lipinski definition) is 1. The standard InChI is InChI=1S/C12H24FN/c1-8-12(13,9(2)3)14(10(4)5)11(6)7/h8-11H,1H2,2-7H3. The van der Waals surface area contributed by atoms with Crippen molar-refractivity contribution in [2.45, 2.75) is 59.4 Å². The maximum Gasteiger partial charge on any atom is 0.185 e. The molecule has 0 aromatic rings. The molecule has 0 aliphatic carbocycles. The predicted octanol–water partition coefficient (Wildman–Crippen LogP) is 3.61. The van der Waals surface area contributed by atoms with Gasteiger partial charge in [0, 0.05) is 18.0 Å². The molecule has 0 radical (unpaired) electrons. The summed E-state index contributed by atoms with van der Waals surface area (Å²) in [5.74, 6) is -1.48. The van der Waals surface area contributed by atoms with Crippen LogP contribution in [0.1, 0.15) is 41.5 Å². The molecule has 0 saturated carbocycles. The Hall–Kier alpha value is -0.370. The van der Waals surface area contributed by atoms with Crippen LogP contribution in [0.25, 0.3) is 0 Å². The topological polar surface area (TPSA) is 3.24 Å². The van der Waals surface area contributed by atoms with Gasteiger partial charge in [0.1, 0.15) is 0 Å². The number of nitrogens with zero attached hydrogens (tertiary/aromatic N) is 1. The van der Waals surface area contributed by atoms with Crippen molar-refractivity contribution < 1.29 is 4.39 Å². The van der Waals surface area contributed by atoms with Gasteiger partial charge in [-0.2, -0.15) is 0 Å². The summed E-state index contributed by atoms with van der Waals surface area (Å²) in [6, 6.07) is 0.362. The monoisotopic (exact) mass is 201 g/mol. The summed E-state index contributed by atoms with van der Waals surface area (Å²) >= 11 is 0. The van der Waals surface area contributed by atoms with Gasteiger partial charge in [0.2, 0.25) is 0 Å². The molecule has 0 fully saturated rings. The molecule has 0 rings (SSSR count). The lowest BCUT2D eigenvalue weighted by atomic mass is 9.96. The molecule has 0 heterocycles. The first kappa shape index (κ1) is 13.6. The Bertz CT molecular complexity index is 179. The van der Waals surface area contributed by atoms with E-state index in [1.807, 2.05) is 46.4 Å². The second-order valence-electron chi connectivity index (χ2n) is 4.68. The van der Waals surface area contributed by atoms with Gasteiger partial charge < -0.3 is 0 Å². The number of alkyl halides is 1. The molecule has 84 valence electrons. The van der Waals surface area contributed by atoms with Crippen molar-refractivity contribution in [3.63, 3.8) is 0 Å². The first-order chi connectivity index (χ1) is 6.27. The molecule has 0 bridgehead atoms. The van der Waals surface area contributed by atoms with Crippen LogP contribution in [0.5, 0.6) is 0 Å². The first-order valence-corrected chi connectivity index (χ1v) is 5.38. The zero-order valence-electron chi connectivity index (χ0n) is 10.3. The molecule has 1 unspecified atom stereocenters. The molecule has 0 aromatic carbocycles. The molecule has 0 saturated heterocycles. The Kier molecular flexibility index (Phi) is 4.79. The molecule has 0 aliphatic heterocycles. The van der Waals surface area contributed by atoms with Gasteiger partial charge in [-0.15, -0.1) is 0 Å². The lowest BCUT2D eigenvalue weighted by Gasteiger charge is -2.43. The van der Waals surface area contributed by atoms with Crippen molar-refractivity contribution in [1.29, 1.82) is 0 Å². The van der Waals surface area contributed by atoms with Crippen LogP contribution in [0.3, 0.4) is 0 Å². The second kappa shape index (κ2) is 4.92. The van der Waals surface area contributed by atoms with E-state index in [2.05, 4.69) is 6.58 Å². The Morgan fingerprint density at radius 3 is 1.50 bits per heavy atom. The highest BCUT2D eigenvalue weighted by molar-refractivity contribution is 5.00. The van der Waals surface area contributed by atoms with Crippen LogP contribution in [0.4, 0.5) is 4.39 Å². The quantitative estimate of drug-likeness (QED) is 0.485. The summed E-state index contributed by atoms with van der Waals surface area (Å²) < 4.78 is 14.6. The lowest BCUT2D eigenvalue weighted by Crippen LogP contribution is -2.54. The predicted molar refractivity (Wildman–Crippen MR) is 61.0 cm³/mol. The van der Waals surface area contributed by atoms with E-state index in [0.29, 0.717) is 0 Å². The van der Waals surface area contributed by atoms with Crippen molar-refractivity contribution in [1.82, 2.24) is 4.90 Å². The third kappa shape index (κ3) is 2.57. The fourth-order valence-corrected chi connectivity index (χ4v) is 2.03. The lowest BCUT2D eigenvalue weighted by molar-refractivity contribution is -0.0694. The molecule has 1 nitrogen and oxygen atoms in total. The largest absolute Gasteiger partial charge is 0.263 e. The zero-order chi connectivity index (χ0) is 11.5. The molecule has 0 spiro atoms. The van der Waals surface area contributed by atoms with Crippen molar-refractivity contribution in [3.8, 4) is 0 Å². The molecule has 0 amide bonds.